The Morgan fingerprint density at radius 1 is 1.04 bits per heavy atom. The Labute approximate surface area is 155 Å². The molecule has 26 heavy (non-hydrogen) atoms. The number of aromatic hydroxyl groups is 1. The van der Waals surface area contributed by atoms with Crippen molar-refractivity contribution < 1.29 is 9.90 Å². The van der Waals surface area contributed by atoms with Gasteiger partial charge in [-0.2, -0.15) is 5.10 Å². The molecule has 1 aromatic heterocycles. The topological polar surface area (TPSA) is 74.6 Å². The van der Waals surface area contributed by atoms with E-state index < -0.39 is 0 Å². The maximum Gasteiger partial charge on any atom is 0.271 e. The third kappa shape index (κ3) is 4.69. The van der Waals surface area contributed by atoms with Crippen LogP contribution in [0.3, 0.4) is 0 Å². The number of hydrogen-bond acceptors (Lipinski definition) is 4. The van der Waals surface area contributed by atoms with Crippen molar-refractivity contribution in [3.05, 3.63) is 58.9 Å². The summed E-state index contributed by atoms with van der Waals surface area (Å²) in [6, 6.07) is 7.07. The van der Waals surface area contributed by atoms with Crippen LogP contribution in [0.4, 0.5) is 0 Å². The van der Waals surface area contributed by atoms with Crippen LogP contribution in [0.1, 0.15) is 68.6 Å². The van der Waals surface area contributed by atoms with Crippen molar-refractivity contribution in [3.8, 4) is 5.75 Å². The molecule has 0 saturated heterocycles. The van der Waals surface area contributed by atoms with Crippen LogP contribution < -0.4 is 5.43 Å². The second-order valence-electron chi connectivity index (χ2n) is 8.40. The molecule has 0 spiro atoms. The second kappa shape index (κ2) is 7.28. The number of hydrazone groups is 1. The van der Waals surface area contributed by atoms with Crippen molar-refractivity contribution >= 4 is 12.1 Å². The van der Waals surface area contributed by atoms with Gasteiger partial charge in [0.25, 0.3) is 5.91 Å². The van der Waals surface area contributed by atoms with Crippen molar-refractivity contribution in [2.24, 2.45) is 5.10 Å². The average Bonchev–Trinajstić information content (AvgIpc) is 2.54. The van der Waals surface area contributed by atoms with Crippen LogP contribution >= 0.6 is 0 Å². The van der Waals surface area contributed by atoms with E-state index in [-0.39, 0.29) is 16.7 Å². The fourth-order valence-corrected chi connectivity index (χ4v) is 2.61. The number of nitrogens with one attached hydrogen (secondary N) is 1. The van der Waals surface area contributed by atoms with E-state index in [0.717, 1.165) is 16.7 Å². The molecule has 2 N–H and O–H groups in total. The first-order valence-corrected chi connectivity index (χ1v) is 8.61. The first-order valence-electron chi connectivity index (χ1n) is 8.61. The number of benzene rings is 1. The van der Waals surface area contributed by atoms with Crippen LogP contribution in [-0.4, -0.2) is 22.2 Å². The summed E-state index contributed by atoms with van der Waals surface area (Å²) >= 11 is 0. The molecule has 0 bridgehead atoms. The number of hydrogen-bond donors (Lipinski definition) is 2. The zero-order valence-electron chi connectivity index (χ0n) is 16.3. The maximum atomic E-state index is 12.0. The van der Waals surface area contributed by atoms with Gasteiger partial charge in [0.2, 0.25) is 0 Å². The van der Waals surface area contributed by atoms with E-state index in [4.69, 9.17) is 0 Å². The molecule has 1 amide bonds. The monoisotopic (exact) mass is 353 g/mol. The molecule has 5 heteroatoms. The van der Waals surface area contributed by atoms with Crippen molar-refractivity contribution in [3.63, 3.8) is 0 Å². The van der Waals surface area contributed by atoms with Gasteiger partial charge in [0.05, 0.1) is 6.21 Å². The molecule has 0 saturated carbocycles. The third-order valence-electron chi connectivity index (χ3n) is 4.07. The standard InChI is InChI=1S/C21H27N3O2/c1-20(2,3)16-11-14(12-17(18(16)25)21(4,5)6)13-23-24-19(26)15-7-9-22-10-8-15/h7-13,25H,1-6H3,(H,24,26)/b23-13-. The maximum absolute atomic E-state index is 12.0. The molecule has 0 aliphatic rings. The lowest BCUT2D eigenvalue weighted by Gasteiger charge is -2.27. The van der Waals surface area contributed by atoms with Crippen LogP contribution in [0.15, 0.2) is 41.8 Å². The molecule has 5 nitrogen and oxygen atoms in total. The lowest BCUT2D eigenvalue weighted by atomic mass is 9.78. The van der Waals surface area contributed by atoms with Crippen molar-refractivity contribution in [1.82, 2.24) is 10.4 Å². The van der Waals surface area contributed by atoms with Gasteiger partial charge in [-0.05, 0) is 40.7 Å². The molecule has 0 atom stereocenters. The summed E-state index contributed by atoms with van der Waals surface area (Å²) < 4.78 is 0. The minimum absolute atomic E-state index is 0.214. The largest absolute Gasteiger partial charge is 0.507 e. The highest BCUT2D eigenvalue weighted by atomic mass is 16.3. The van der Waals surface area contributed by atoms with Crippen LogP contribution in [0.5, 0.6) is 5.75 Å². The number of aromatic nitrogens is 1. The zero-order valence-corrected chi connectivity index (χ0v) is 16.3. The van der Waals surface area contributed by atoms with Gasteiger partial charge in [-0.15, -0.1) is 0 Å². The van der Waals surface area contributed by atoms with Crippen molar-refractivity contribution in [2.75, 3.05) is 0 Å². The van der Waals surface area contributed by atoms with Gasteiger partial charge in [-0.25, -0.2) is 5.43 Å². The highest BCUT2D eigenvalue weighted by Gasteiger charge is 2.26. The smallest absolute Gasteiger partial charge is 0.271 e. The summed E-state index contributed by atoms with van der Waals surface area (Å²) in [7, 11) is 0. The van der Waals surface area contributed by atoms with Gasteiger partial charge in [-0.3, -0.25) is 9.78 Å². The van der Waals surface area contributed by atoms with Gasteiger partial charge in [0.1, 0.15) is 5.75 Å². The van der Waals surface area contributed by atoms with Crippen molar-refractivity contribution in [1.29, 1.82) is 0 Å². The summed E-state index contributed by atoms with van der Waals surface area (Å²) in [5.41, 5.74) is 5.12. The van der Waals surface area contributed by atoms with E-state index in [0.29, 0.717) is 11.3 Å². The lowest BCUT2D eigenvalue weighted by molar-refractivity contribution is 0.0955. The highest BCUT2D eigenvalue weighted by Crippen LogP contribution is 2.39. The lowest BCUT2D eigenvalue weighted by Crippen LogP contribution is -2.19. The number of pyridine rings is 1. The summed E-state index contributed by atoms with van der Waals surface area (Å²) in [4.78, 5) is 15.9. The Hall–Kier alpha value is -2.69. The second-order valence-corrected chi connectivity index (χ2v) is 8.40. The number of carbonyl (C=O) groups excluding carboxylic acids is 1. The summed E-state index contributed by atoms with van der Waals surface area (Å²) in [6.45, 7) is 12.3. The molecule has 0 aliphatic carbocycles. The molecular weight excluding hydrogens is 326 g/mol. The molecule has 0 fully saturated rings. The number of phenols is 1. The Balaban J connectivity index is 2.33. The van der Waals surface area contributed by atoms with Gasteiger partial charge in [0.15, 0.2) is 0 Å². The van der Waals surface area contributed by atoms with Crippen LogP contribution in [-0.2, 0) is 10.8 Å². The van der Waals surface area contributed by atoms with Crippen LogP contribution in [0.25, 0.3) is 0 Å². The highest BCUT2D eigenvalue weighted by molar-refractivity contribution is 5.94. The fraction of sp³-hybridized carbons (Fsp3) is 0.381. The number of carbonyl (C=O) groups is 1. The Morgan fingerprint density at radius 2 is 1.54 bits per heavy atom. The minimum Gasteiger partial charge on any atom is -0.507 e. The molecule has 0 aliphatic heterocycles. The summed E-state index contributed by atoms with van der Waals surface area (Å²) in [5, 5.41) is 14.8. The first-order chi connectivity index (χ1) is 12.0. The molecule has 2 rings (SSSR count). The van der Waals surface area contributed by atoms with Gasteiger partial charge in [-0.1, -0.05) is 41.5 Å². The Kier molecular flexibility index (Phi) is 5.50. The molecular formula is C21H27N3O2. The molecule has 2 aromatic rings. The molecule has 1 heterocycles. The number of phenolic OH excluding ortho intramolecular Hbond substituents is 1. The van der Waals surface area contributed by atoms with E-state index in [1.54, 1.807) is 30.7 Å². The summed E-state index contributed by atoms with van der Waals surface area (Å²) in [5.74, 6) is 0.0255. The summed E-state index contributed by atoms with van der Waals surface area (Å²) in [6.07, 6.45) is 4.72. The number of amides is 1. The van der Waals surface area contributed by atoms with E-state index >= 15 is 0 Å². The normalized spacial score (nSPS) is 12.4. The van der Waals surface area contributed by atoms with Gasteiger partial charge >= 0.3 is 0 Å². The molecule has 0 unspecified atom stereocenters. The predicted octanol–water partition coefficient (Wildman–Crippen LogP) is 4.15. The number of rotatable bonds is 3. The van der Waals surface area contributed by atoms with E-state index in [2.05, 4.69) is 57.1 Å². The Morgan fingerprint density at radius 3 is 2.00 bits per heavy atom. The minimum atomic E-state index is -0.297. The molecule has 0 radical (unpaired) electrons. The van der Waals surface area contributed by atoms with Gasteiger partial charge < -0.3 is 5.11 Å². The predicted molar refractivity (Wildman–Crippen MR) is 105 cm³/mol. The van der Waals surface area contributed by atoms with Crippen molar-refractivity contribution in [2.45, 2.75) is 52.4 Å². The van der Waals surface area contributed by atoms with E-state index in [1.165, 1.54) is 0 Å². The quantitative estimate of drug-likeness (QED) is 0.643. The van der Waals surface area contributed by atoms with E-state index in [9.17, 15) is 9.90 Å². The fourth-order valence-electron chi connectivity index (χ4n) is 2.61. The van der Waals surface area contributed by atoms with Crippen LogP contribution in [0.2, 0.25) is 0 Å². The number of nitrogens with zero attached hydrogens (tertiary/aromatic N) is 2. The van der Waals surface area contributed by atoms with E-state index in [1.807, 2.05) is 12.1 Å². The molecule has 1 aromatic carbocycles. The zero-order chi connectivity index (χ0) is 19.5. The SMILES string of the molecule is CC(C)(C)c1cc(/C=N\NC(=O)c2ccncc2)cc(C(C)(C)C)c1O. The first kappa shape index (κ1) is 19.6. The molecule has 138 valence electrons. The van der Waals surface area contributed by atoms with Crippen LogP contribution in [0, 0.1) is 0 Å². The van der Waals surface area contributed by atoms with Gasteiger partial charge in [0, 0.05) is 29.1 Å². The average molecular weight is 353 g/mol. The third-order valence-corrected chi connectivity index (χ3v) is 4.07. The Bertz CT molecular complexity index is 778.